The zero-order valence-corrected chi connectivity index (χ0v) is 12.8. The summed E-state index contributed by atoms with van der Waals surface area (Å²) in [7, 11) is 0.746. The Morgan fingerprint density at radius 2 is 2.15 bits per heavy atom. The molecule has 0 saturated heterocycles. The number of ether oxygens (including phenoxy) is 1. The van der Waals surface area contributed by atoms with Crippen LogP contribution in [0.5, 0.6) is 5.75 Å². The second kappa shape index (κ2) is 8.58. The van der Waals surface area contributed by atoms with Crippen LogP contribution in [0.15, 0.2) is 18.2 Å². The lowest BCUT2D eigenvalue weighted by Gasteiger charge is -2.09. The van der Waals surface area contributed by atoms with E-state index in [2.05, 4.69) is 5.32 Å². The molecule has 0 aromatic heterocycles. The third-order valence-electron chi connectivity index (χ3n) is 2.74. The van der Waals surface area contributed by atoms with Crippen LogP contribution in [0.1, 0.15) is 26.2 Å². The van der Waals surface area contributed by atoms with Gasteiger partial charge >= 0.3 is 0 Å². The van der Waals surface area contributed by atoms with Crippen molar-refractivity contribution in [3.05, 3.63) is 18.2 Å². The molecule has 1 aromatic rings. The minimum absolute atomic E-state index is 0.115. The molecule has 20 heavy (non-hydrogen) atoms. The molecule has 1 amide bonds. The first-order valence-electron chi connectivity index (χ1n) is 6.65. The average molecular weight is 298 g/mol. The van der Waals surface area contributed by atoms with E-state index in [0.29, 0.717) is 41.5 Å². The highest BCUT2D eigenvalue weighted by atomic mass is 32.2. The minimum Gasteiger partial charge on any atom is -0.497 e. The average Bonchev–Trinajstić information content (AvgIpc) is 2.41. The molecule has 5 nitrogen and oxygen atoms in total. The number of rotatable bonds is 8. The summed E-state index contributed by atoms with van der Waals surface area (Å²) in [6.07, 6.45) is 1.87. The zero-order valence-electron chi connectivity index (χ0n) is 12.0. The molecule has 1 rings (SSSR count). The molecule has 0 bridgehead atoms. The lowest BCUT2D eigenvalue weighted by molar-refractivity contribution is -0.116. The van der Waals surface area contributed by atoms with Crippen LogP contribution in [0.4, 0.5) is 11.4 Å². The quantitative estimate of drug-likeness (QED) is 0.721. The van der Waals surface area contributed by atoms with Gasteiger partial charge in [-0.2, -0.15) is 0 Å². The summed E-state index contributed by atoms with van der Waals surface area (Å²) in [5, 5.41) is 2.75. The summed E-state index contributed by atoms with van der Waals surface area (Å²) >= 11 is 0. The number of hydrogen-bond acceptors (Lipinski definition) is 4. The van der Waals surface area contributed by atoms with E-state index in [0.717, 1.165) is 6.42 Å². The number of nitrogens with one attached hydrogen (secondary N) is 1. The highest BCUT2D eigenvalue weighted by molar-refractivity contribution is 7.84. The first-order valence-corrected chi connectivity index (χ1v) is 8.14. The van der Waals surface area contributed by atoms with Crippen molar-refractivity contribution in [2.75, 3.05) is 29.7 Å². The zero-order chi connectivity index (χ0) is 15.0. The number of nitrogens with two attached hydrogens (primary N) is 1. The van der Waals surface area contributed by atoms with Gasteiger partial charge in [-0.05, 0) is 25.0 Å². The monoisotopic (exact) mass is 298 g/mol. The van der Waals surface area contributed by atoms with Crippen molar-refractivity contribution < 1.29 is 13.7 Å². The summed E-state index contributed by atoms with van der Waals surface area (Å²) in [5.74, 6) is 1.80. The van der Waals surface area contributed by atoms with Crippen LogP contribution in [-0.2, 0) is 15.6 Å². The first kappa shape index (κ1) is 16.5. The van der Waals surface area contributed by atoms with Crippen LogP contribution in [0, 0.1) is 0 Å². The Hall–Kier alpha value is -1.56. The molecular formula is C14H22N2O3S. The van der Waals surface area contributed by atoms with Gasteiger partial charge in [-0.1, -0.05) is 6.92 Å². The molecular weight excluding hydrogens is 276 g/mol. The molecule has 112 valence electrons. The molecule has 1 unspecified atom stereocenters. The van der Waals surface area contributed by atoms with Crippen molar-refractivity contribution >= 4 is 28.1 Å². The maximum atomic E-state index is 11.8. The Bertz CT molecular complexity index is 477. The Kier molecular flexibility index (Phi) is 7.08. The van der Waals surface area contributed by atoms with E-state index in [4.69, 9.17) is 10.5 Å². The highest BCUT2D eigenvalue weighted by Crippen LogP contribution is 2.24. The van der Waals surface area contributed by atoms with Crippen molar-refractivity contribution in [2.24, 2.45) is 0 Å². The summed E-state index contributed by atoms with van der Waals surface area (Å²) in [5.41, 5.74) is 6.86. The van der Waals surface area contributed by atoms with E-state index in [1.165, 1.54) is 0 Å². The van der Waals surface area contributed by atoms with Crippen molar-refractivity contribution in [1.82, 2.24) is 0 Å². The van der Waals surface area contributed by atoms with Crippen LogP contribution < -0.4 is 15.8 Å². The van der Waals surface area contributed by atoms with Gasteiger partial charge in [0.15, 0.2) is 0 Å². The van der Waals surface area contributed by atoms with Gasteiger partial charge < -0.3 is 15.8 Å². The number of carbonyl (C=O) groups is 1. The van der Waals surface area contributed by atoms with E-state index < -0.39 is 10.8 Å². The molecule has 0 fully saturated rings. The highest BCUT2D eigenvalue weighted by Gasteiger charge is 2.07. The molecule has 3 N–H and O–H groups in total. The maximum Gasteiger partial charge on any atom is 0.224 e. The molecule has 0 saturated carbocycles. The Morgan fingerprint density at radius 1 is 1.40 bits per heavy atom. The van der Waals surface area contributed by atoms with Gasteiger partial charge in [0.05, 0.1) is 18.5 Å². The predicted octanol–water partition coefficient (Wildman–Crippen LogP) is 2.15. The predicted molar refractivity (Wildman–Crippen MR) is 83.4 cm³/mol. The van der Waals surface area contributed by atoms with E-state index >= 15 is 0 Å². The van der Waals surface area contributed by atoms with Gasteiger partial charge in [0.25, 0.3) is 0 Å². The summed E-state index contributed by atoms with van der Waals surface area (Å²) in [6, 6.07) is 5.11. The number of nitrogen functional groups attached to an aromatic ring is 1. The molecule has 1 atom stereocenters. The van der Waals surface area contributed by atoms with E-state index in [9.17, 15) is 9.00 Å². The van der Waals surface area contributed by atoms with Crippen molar-refractivity contribution in [2.45, 2.75) is 26.2 Å². The number of hydrogen-bond donors (Lipinski definition) is 2. The molecule has 0 aliphatic carbocycles. The molecule has 6 heteroatoms. The van der Waals surface area contributed by atoms with Crippen molar-refractivity contribution in [3.8, 4) is 5.75 Å². The van der Waals surface area contributed by atoms with Crippen LogP contribution in [0.25, 0.3) is 0 Å². The van der Waals surface area contributed by atoms with Gasteiger partial charge in [-0.15, -0.1) is 0 Å². The SMILES string of the molecule is CCCS(=O)CCCC(=O)Nc1ccc(OC)cc1N. The first-order chi connectivity index (χ1) is 9.56. The number of carbonyl (C=O) groups excluding carboxylic acids is 1. The lowest BCUT2D eigenvalue weighted by atomic mass is 10.2. The molecule has 0 aliphatic heterocycles. The van der Waals surface area contributed by atoms with Gasteiger partial charge in [-0.25, -0.2) is 0 Å². The number of anilines is 2. The standard InChI is InChI=1S/C14H22N2O3S/c1-3-8-20(18)9-4-5-14(17)16-13-7-6-11(19-2)10-12(13)15/h6-7,10H,3-5,8-9,15H2,1-2H3,(H,16,17). The van der Waals surface area contributed by atoms with Crippen molar-refractivity contribution in [3.63, 3.8) is 0 Å². The number of methoxy groups -OCH3 is 1. The summed E-state index contributed by atoms with van der Waals surface area (Å²) in [4.78, 5) is 11.8. The van der Waals surface area contributed by atoms with Gasteiger partial charge in [0.1, 0.15) is 5.75 Å². The molecule has 0 radical (unpaired) electrons. The molecule has 0 aliphatic rings. The molecule has 1 aromatic carbocycles. The third-order valence-corrected chi connectivity index (χ3v) is 4.35. The Labute approximate surface area is 122 Å². The fraction of sp³-hybridized carbons (Fsp3) is 0.500. The van der Waals surface area contributed by atoms with Crippen LogP contribution in [0.2, 0.25) is 0 Å². The molecule has 0 spiro atoms. The van der Waals surface area contributed by atoms with Crippen LogP contribution >= 0.6 is 0 Å². The summed E-state index contributed by atoms with van der Waals surface area (Å²) in [6.45, 7) is 2.00. The topological polar surface area (TPSA) is 81.4 Å². The Morgan fingerprint density at radius 3 is 2.75 bits per heavy atom. The van der Waals surface area contributed by atoms with E-state index in [1.807, 2.05) is 6.92 Å². The van der Waals surface area contributed by atoms with Crippen LogP contribution in [-0.4, -0.2) is 28.7 Å². The summed E-state index contributed by atoms with van der Waals surface area (Å²) < 4.78 is 16.5. The van der Waals surface area contributed by atoms with Crippen molar-refractivity contribution in [1.29, 1.82) is 0 Å². The van der Waals surface area contributed by atoms with Gasteiger partial charge in [0.2, 0.25) is 5.91 Å². The number of benzene rings is 1. The fourth-order valence-electron chi connectivity index (χ4n) is 1.72. The normalized spacial score (nSPS) is 11.9. The Balaban J connectivity index is 2.41. The fourth-order valence-corrected chi connectivity index (χ4v) is 2.84. The minimum atomic E-state index is -0.813. The second-order valence-corrected chi connectivity index (χ2v) is 6.15. The maximum absolute atomic E-state index is 11.8. The number of amides is 1. The molecule has 0 heterocycles. The van der Waals surface area contributed by atoms with E-state index in [1.54, 1.807) is 25.3 Å². The van der Waals surface area contributed by atoms with Gasteiger partial charge in [-0.3, -0.25) is 9.00 Å². The lowest BCUT2D eigenvalue weighted by Crippen LogP contribution is -2.14. The van der Waals surface area contributed by atoms with Crippen LogP contribution in [0.3, 0.4) is 0 Å². The van der Waals surface area contributed by atoms with E-state index in [-0.39, 0.29) is 5.91 Å². The van der Waals surface area contributed by atoms with Gasteiger partial charge in [0, 0.05) is 34.8 Å². The smallest absolute Gasteiger partial charge is 0.224 e. The third kappa shape index (κ3) is 5.61. The second-order valence-electron chi connectivity index (χ2n) is 4.45. The largest absolute Gasteiger partial charge is 0.497 e.